The van der Waals surface area contributed by atoms with E-state index in [1.807, 2.05) is 6.07 Å². The lowest BCUT2D eigenvalue weighted by Gasteiger charge is -2.34. The maximum atomic E-state index is 9.31. The molecule has 0 spiro atoms. The van der Waals surface area contributed by atoms with Crippen molar-refractivity contribution in [1.29, 1.82) is 0 Å². The Bertz CT molecular complexity index is 391. The maximum absolute atomic E-state index is 9.31. The summed E-state index contributed by atoms with van der Waals surface area (Å²) in [5, 5.41) is 12.9. The van der Waals surface area contributed by atoms with Crippen LogP contribution in [0.4, 0.5) is 0 Å². The van der Waals surface area contributed by atoms with Crippen LogP contribution in [0.5, 0.6) is 0 Å². The Morgan fingerprint density at radius 1 is 1.17 bits per heavy atom. The van der Waals surface area contributed by atoms with Gasteiger partial charge >= 0.3 is 0 Å². The van der Waals surface area contributed by atoms with Gasteiger partial charge in [0, 0.05) is 5.41 Å². The van der Waals surface area contributed by atoms with Crippen LogP contribution in [0.3, 0.4) is 0 Å². The Morgan fingerprint density at radius 3 is 2.44 bits per heavy atom. The molecule has 0 bridgehead atoms. The van der Waals surface area contributed by atoms with E-state index in [4.69, 9.17) is 0 Å². The minimum atomic E-state index is 0.127. The van der Waals surface area contributed by atoms with Gasteiger partial charge in [0.1, 0.15) is 0 Å². The quantitative estimate of drug-likeness (QED) is 0.475. The number of hydrogen-bond acceptors (Lipinski definition) is 2. The molecule has 0 radical (unpaired) electrons. The molecule has 0 saturated heterocycles. The first-order chi connectivity index (χ1) is 8.74. The summed E-state index contributed by atoms with van der Waals surface area (Å²) >= 11 is 0. The van der Waals surface area contributed by atoms with Crippen LogP contribution in [-0.4, -0.2) is 10.9 Å². The molecular formula is C16H23NO. The predicted molar refractivity (Wildman–Crippen MR) is 75.2 cm³/mol. The van der Waals surface area contributed by atoms with Crippen LogP contribution in [-0.2, 0) is 6.42 Å². The van der Waals surface area contributed by atoms with E-state index in [0.717, 1.165) is 18.6 Å². The predicted octanol–water partition coefficient (Wildman–Crippen LogP) is 4.42. The fourth-order valence-corrected chi connectivity index (χ4v) is 3.00. The zero-order valence-corrected chi connectivity index (χ0v) is 11.2. The highest BCUT2D eigenvalue weighted by molar-refractivity contribution is 5.89. The summed E-state index contributed by atoms with van der Waals surface area (Å²) in [5.41, 5.74) is 2.44. The third-order valence-corrected chi connectivity index (χ3v) is 4.27. The molecule has 0 aliphatic heterocycles. The van der Waals surface area contributed by atoms with Crippen LogP contribution in [0, 0.1) is 5.41 Å². The zero-order chi connectivity index (χ0) is 12.8. The Morgan fingerprint density at radius 2 is 1.83 bits per heavy atom. The molecule has 98 valence electrons. The first-order valence-corrected chi connectivity index (χ1v) is 7.00. The molecule has 0 heterocycles. The van der Waals surface area contributed by atoms with Crippen LogP contribution in [0.2, 0.25) is 0 Å². The van der Waals surface area contributed by atoms with Crippen molar-refractivity contribution in [3.05, 3.63) is 35.9 Å². The van der Waals surface area contributed by atoms with E-state index in [9.17, 15) is 5.21 Å². The molecule has 1 fully saturated rings. The summed E-state index contributed by atoms with van der Waals surface area (Å²) in [6.45, 7) is 2.26. The van der Waals surface area contributed by atoms with Crippen molar-refractivity contribution in [3.8, 4) is 0 Å². The molecule has 1 saturated carbocycles. The fraction of sp³-hybridized carbons (Fsp3) is 0.562. The molecule has 1 aromatic carbocycles. The van der Waals surface area contributed by atoms with Crippen LogP contribution < -0.4 is 0 Å². The molecule has 1 aromatic rings. The standard InChI is InChI=1S/C16H23NO/c1-16(12-6-3-7-13-16)15(17-18)11-10-14-8-4-2-5-9-14/h2,4-5,8-9,18H,3,6-7,10-13H2,1H3. The SMILES string of the molecule is CC1(C(CCc2ccccc2)=NO)CCCCC1. The molecule has 1 N–H and O–H groups in total. The van der Waals surface area contributed by atoms with Gasteiger partial charge in [-0.05, 0) is 31.2 Å². The Balaban J connectivity index is 1.97. The molecule has 0 amide bonds. The van der Waals surface area contributed by atoms with Crippen LogP contribution in [0.15, 0.2) is 35.5 Å². The number of nitrogens with zero attached hydrogens (tertiary/aromatic N) is 1. The fourth-order valence-electron chi connectivity index (χ4n) is 3.00. The van der Waals surface area contributed by atoms with Crippen molar-refractivity contribution in [2.75, 3.05) is 0 Å². The van der Waals surface area contributed by atoms with Gasteiger partial charge in [-0.2, -0.15) is 0 Å². The van der Waals surface area contributed by atoms with E-state index in [2.05, 4.69) is 36.3 Å². The molecule has 0 atom stereocenters. The lowest BCUT2D eigenvalue weighted by Crippen LogP contribution is -2.30. The van der Waals surface area contributed by atoms with Crippen molar-refractivity contribution < 1.29 is 5.21 Å². The molecular weight excluding hydrogens is 222 g/mol. The third kappa shape index (κ3) is 3.12. The Hall–Kier alpha value is -1.31. The summed E-state index contributed by atoms with van der Waals surface area (Å²) < 4.78 is 0. The van der Waals surface area contributed by atoms with Crippen molar-refractivity contribution in [2.24, 2.45) is 10.6 Å². The minimum absolute atomic E-state index is 0.127. The van der Waals surface area contributed by atoms with Gasteiger partial charge in [-0.25, -0.2) is 0 Å². The normalized spacial score (nSPS) is 19.7. The van der Waals surface area contributed by atoms with Gasteiger partial charge in [0.25, 0.3) is 0 Å². The summed E-state index contributed by atoms with van der Waals surface area (Å²) in [7, 11) is 0. The van der Waals surface area contributed by atoms with Crippen LogP contribution >= 0.6 is 0 Å². The average molecular weight is 245 g/mol. The van der Waals surface area contributed by atoms with E-state index in [-0.39, 0.29) is 5.41 Å². The number of benzene rings is 1. The first kappa shape index (κ1) is 13.1. The summed E-state index contributed by atoms with van der Waals surface area (Å²) in [6.07, 6.45) is 8.03. The van der Waals surface area contributed by atoms with Crippen molar-refractivity contribution in [3.63, 3.8) is 0 Å². The second kappa shape index (κ2) is 6.03. The highest BCUT2D eigenvalue weighted by atomic mass is 16.4. The first-order valence-electron chi connectivity index (χ1n) is 7.00. The summed E-state index contributed by atoms with van der Waals surface area (Å²) in [6, 6.07) is 10.4. The van der Waals surface area contributed by atoms with Gasteiger partial charge in [0.05, 0.1) is 5.71 Å². The van der Waals surface area contributed by atoms with Crippen LogP contribution in [0.25, 0.3) is 0 Å². The van der Waals surface area contributed by atoms with Crippen molar-refractivity contribution >= 4 is 5.71 Å². The maximum Gasteiger partial charge on any atom is 0.0632 e. The van der Waals surface area contributed by atoms with E-state index in [0.29, 0.717) is 0 Å². The number of aryl methyl sites for hydroxylation is 1. The largest absolute Gasteiger partial charge is 0.411 e. The highest BCUT2D eigenvalue weighted by Gasteiger charge is 2.32. The monoisotopic (exact) mass is 245 g/mol. The summed E-state index contributed by atoms with van der Waals surface area (Å²) in [5.74, 6) is 0. The molecule has 2 heteroatoms. The summed E-state index contributed by atoms with van der Waals surface area (Å²) in [4.78, 5) is 0. The Labute approximate surface area is 110 Å². The van der Waals surface area contributed by atoms with Gasteiger partial charge in [0.2, 0.25) is 0 Å². The van der Waals surface area contributed by atoms with Gasteiger partial charge in [0.15, 0.2) is 0 Å². The van der Waals surface area contributed by atoms with Gasteiger partial charge < -0.3 is 5.21 Å². The third-order valence-electron chi connectivity index (χ3n) is 4.27. The second-order valence-electron chi connectivity index (χ2n) is 5.65. The van der Waals surface area contributed by atoms with Crippen molar-refractivity contribution in [2.45, 2.75) is 51.9 Å². The molecule has 0 aromatic heterocycles. The molecule has 1 aliphatic carbocycles. The number of rotatable bonds is 4. The topological polar surface area (TPSA) is 32.6 Å². The van der Waals surface area contributed by atoms with Gasteiger partial charge in [-0.15, -0.1) is 0 Å². The van der Waals surface area contributed by atoms with E-state index in [1.165, 1.54) is 37.7 Å². The van der Waals surface area contributed by atoms with Gasteiger partial charge in [-0.1, -0.05) is 61.7 Å². The van der Waals surface area contributed by atoms with E-state index >= 15 is 0 Å². The molecule has 0 unspecified atom stereocenters. The lowest BCUT2D eigenvalue weighted by atomic mass is 9.71. The average Bonchev–Trinajstić information content (AvgIpc) is 2.41. The molecule has 2 nitrogen and oxygen atoms in total. The highest BCUT2D eigenvalue weighted by Crippen LogP contribution is 2.38. The van der Waals surface area contributed by atoms with Crippen molar-refractivity contribution in [1.82, 2.24) is 0 Å². The smallest absolute Gasteiger partial charge is 0.0632 e. The van der Waals surface area contributed by atoms with E-state index in [1.54, 1.807) is 0 Å². The molecule has 2 rings (SSSR count). The molecule has 1 aliphatic rings. The van der Waals surface area contributed by atoms with E-state index < -0.39 is 0 Å². The lowest BCUT2D eigenvalue weighted by molar-refractivity contribution is 0.271. The second-order valence-corrected chi connectivity index (χ2v) is 5.65. The zero-order valence-electron chi connectivity index (χ0n) is 11.2. The Kier molecular flexibility index (Phi) is 4.40. The molecule has 18 heavy (non-hydrogen) atoms. The number of oxime groups is 1. The van der Waals surface area contributed by atoms with Gasteiger partial charge in [-0.3, -0.25) is 0 Å². The van der Waals surface area contributed by atoms with Crippen LogP contribution in [0.1, 0.15) is 51.0 Å². The number of hydrogen-bond donors (Lipinski definition) is 1. The minimum Gasteiger partial charge on any atom is -0.411 e.